The smallest absolute Gasteiger partial charge is 0.127 e. The van der Waals surface area contributed by atoms with Crippen LogP contribution in [0.4, 0.5) is 0 Å². The fourth-order valence-electron chi connectivity index (χ4n) is 2.70. The van der Waals surface area contributed by atoms with Crippen LogP contribution in [0.3, 0.4) is 0 Å². The summed E-state index contributed by atoms with van der Waals surface area (Å²) in [6, 6.07) is 5.51. The zero-order valence-corrected chi connectivity index (χ0v) is 10.6. The van der Waals surface area contributed by atoms with E-state index >= 15 is 0 Å². The second-order valence-electron chi connectivity index (χ2n) is 5.21. The molecule has 4 nitrogen and oxygen atoms in total. The average molecular weight is 249 g/mol. The molecule has 0 radical (unpaired) electrons. The third kappa shape index (κ3) is 1.95. The number of hydrogen-bond acceptors (Lipinski definition) is 4. The Hall–Kier alpha value is -1.26. The van der Waals surface area contributed by atoms with E-state index in [1.807, 2.05) is 6.07 Å². The highest BCUT2D eigenvalue weighted by Gasteiger charge is 2.38. The van der Waals surface area contributed by atoms with Crippen molar-refractivity contribution in [2.45, 2.75) is 30.9 Å². The van der Waals surface area contributed by atoms with Crippen molar-refractivity contribution in [3.63, 3.8) is 0 Å². The number of phenols is 1. The lowest BCUT2D eigenvalue weighted by Gasteiger charge is -2.41. The van der Waals surface area contributed by atoms with Crippen LogP contribution in [-0.4, -0.2) is 31.0 Å². The number of benzene rings is 1. The molecule has 1 aliphatic carbocycles. The van der Waals surface area contributed by atoms with E-state index in [2.05, 4.69) is 5.32 Å². The normalized spacial score (nSPS) is 24.2. The van der Waals surface area contributed by atoms with E-state index in [1.54, 1.807) is 19.2 Å². The van der Waals surface area contributed by atoms with E-state index in [-0.39, 0.29) is 17.4 Å². The molecule has 2 aliphatic rings. The van der Waals surface area contributed by atoms with E-state index in [1.165, 1.54) is 6.42 Å². The average Bonchev–Trinajstić information content (AvgIpc) is 2.71. The minimum Gasteiger partial charge on any atom is -0.508 e. The molecule has 98 valence electrons. The summed E-state index contributed by atoms with van der Waals surface area (Å²) in [5, 5.41) is 12.9. The highest BCUT2D eigenvalue weighted by Crippen LogP contribution is 2.37. The first kappa shape index (κ1) is 11.8. The van der Waals surface area contributed by atoms with Crippen molar-refractivity contribution >= 4 is 0 Å². The second-order valence-corrected chi connectivity index (χ2v) is 5.21. The van der Waals surface area contributed by atoms with Gasteiger partial charge in [0.05, 0.1) is 11.6 Å². The number of hydrogen-bond donors (Lipinski definition) is 2. The molecule has 0 aromatic heterocycles. The van der Waals surface area contributed by atoms with Gasteiger partial charge in [-0.3, -0.25) is 0 Å². The summed E-state index contributed by atoms with van der Waals surface area (Å²) in [4.78, 5) is 0. The second kappa shape index (κ2) is 4.44. The Morgan fingerprint density at radius 2 is 2.33 bits per heavy atom. The van der Waals surface area contributed by atoms with Gasteiger partial charge in [0.15, 0.2) is 0 Å². The number of rotatable bonds is 4. The molecule has 0 saturated heterocycles. The summed E-state index contributed by atoms with van der Waals surface area (Å²) in [6.45, 7) is 1.48. The van der Waals surface area contributed by atoms with Crippen molar-refractivity contribution in [2.24, 2.45) is 0 Å². The Morgan fingerprint density at radius 1 is 1.50 bits per heavy atom. The predicted octanol–water partition coefficient (Wildman–Crippen LogP) is 1.98. The summed E-state index contributed by atoms with van der Waals surface area (Å²) < 4.78 is 11.2. The first-order valence-electron chi connectivity index (χ1n) is 6.47. The maximum absolute atomic E-state index is 9.41. The molecule has 1 fully saturated rings. The molecular weight excluding hydrogens is 230 g/mol. The molecule has 1 unspecified atom stereocenters. The Kier molecular flexibility index (Phi) is 2.92. The minimum atomic E-state index is 0.0275. The van der Waals surface area contributed by atoms with Gasteiger partial charge in [-0.2, -0.15) is 0 Å². The summed E-state index contributed by atoms with van der Waals surface area (Å²) in [7, 11) is 1.79. The van der Waals surface area contributed by atoms with Crippen LogP contribution in [0.2, 0.25) is 0 Å². The van der Waals surface area contributed by atoms with Crippen LogP contribution in [0.1, 0.15) is 30.9 Å². The van der Waals surface area contributed by atoms with Gasteiger partial charge in [-0.15, -0.1) is 0 Å². The molecule has 4 heteroatoms. The Morgan fingerprint density at radius 3 is 3.00 bits per heavy atom. The van der Waals surface area contributed by atoms with Crippen LogP contribution < -0.4 is 10.1 Å². The van der Waals surface area contributed by atoms with Crippen molar-refractivity contribution in [1.82, 2.24) is 5.32 Å². The maximum atomic E-state index is 9.41. The Balaban J connectivity index is 1.66. The van der Waals surface area contributed by atoms with Crippen LogP contribution in [0.15, 0.2) is 18.2 Å². The fourth-order valence-corrected chi connectivity index (χ4v) is 2.70. The van der Waals surface area contributed by atoms with Crippen molar-refractivity contribution in [3.8, 4) is 11.5 Å². The number of methoxy groups -OCH3 is 1. The van der Waals surface area contributed by atoms with Crippen LogP contribution in [0, 0.1) is 0 Å². The van der Waals surface area contributed by atoms with Crippen LogP contribution >= 0.6 is 0 Å². The first-order chi connectivity index (χ1) is 8.72. The molecule has 2 N–H and O–H groups in total. The summed E-state index contributed by atoms with van der Waals surface area (Å²) in [6.07, 6.45) is 3.51. The zero-order chi connectivity index (χ0) is 12.6. The van der Waals surface area contributed by atoms with Gasteiger partial charge < -0.3 is 19.9 Å². The van der Waals surface area contributed by atoms with Gasteiger partial charge in [0.2, 0.25) is 0 Å². The standard InChI is InChI=1S/C14H19NO3/c1-17-14(5-2-6-14)9-15-12-8-18-13-7-10(16)3-4-11(12)13/h3-4,7,12,15-16H,2,5-6,8-9H2,1H3. The predicted molar refractivity (Wildman–Crippen MR) is 67.9 cm³/mol. The maximum Gasteiger partial charge on any atom is 0.127 e. The molecule has 3 rings (SSSR count). The lowest BCUT2D eigenvalue weighted by Crippen LogP contribution is -2.48. The van der Waals surface area contributed by atoms with Crippen molar-refractivity contribution in [2.75, 3.05) is 20.3 Å². The number of phenolic OH excluding ortho intramolecular Hbond substituents is 1. The van der Waals surface area contributed by atoms with Crippen LogP contribution in [-0.2, 0) is 4.74 Å². The minimum absolute atomic E-state index is 0.0275. The Labute approximate surface area is 107 Å². The van der Waals surface area contributed by atoms with Crippen molar-refractivity contribution in [1.29, 1.82) is 0 Å². The monoisotopic (exact) mass is 249 g/mol. The van der Waals surface area contributed by atoms with Gasteiger partial charge in [0, 0.05) is 25.3 Å². The SMILES string of the molecule is COC1(CNC2COc3cc(O)ccc32)CCC1. The molecule has 1 heterocycles. The molecular formula is C14H19NO3. The summed E-state index contributed by atoms with van der Waals surface area (Å²) >= 11 is 0. The molecule has 18 heavy (non-hydrogen) atoms. The van der Waals surface area contributed by atoms with E-state index in [0.29, 0.717) is 6.61 Å². The van der Waals surface area contributed by atoms with E-state index < -0.39 is 0 Å². The van der Waals surface area contributed by atoms with Gasteiger partial charge in [-0.1, -0.05) is 0 Å². The van der Waals surface area contributed by atoms with Crippen LogP contribution in [0.25, 0.3) is 0 Å². The van der Waals surface area contributed by atoms with Crippen molar-refractivity contribution < 1.29 is 14.6 Å². The number of fused-ring (bicyclic) bond motifs is 1. The zero-order valence-electron chi connectivity index (χ0n) is 10.6. The van der Waals surface area contributed by atoms with E-state index in [9.17, 15) is 5.11 Å². The fraction of sp³-hybridized carbons (Fsp3) is 0.571. The molecule has 1 aromatic rings. The van der Waals surface area contributed by atoms with Gasteiger partial charge in [-0.25, -0.2) is 0 Å². The molecule has 1 atom stereocenters. The Bertz CT molecular complexity index is 437. The lowest BCUT2D eigenvalue weighted by molar-refractivity contribution is -0.0711. The molecule has 1 aromatic carbocycles. The van der Waals surface area contributed by atoms with E-state index in [0.717, 1.165) is 30.7 Å². The highest BCUT2D eigenvalue weighted by atomic mass is 16.5. The summed E-state index contributed by atoms with van der Waals surface area (Å²) in [5.74, 6) is 1.04. The topological polar surface area (TPSA) is 50.7 Å². The van der Waals surface area contributed by atoms with Crippen LogP contribution in [0.5, 0.6) is 11.5 Å². The van der Waals surface area contributed by atoms with Crippen molar-refractivity contribution in [3.05, 3.63) is 23.8 Å². The highest BCUT2D eigenvalue weighted by molar-refractivity contribution is 5.44. The quantitative estimate of drug-likeness (QED) is 0.856. The number of ether oxygens (including phenoxy) is 2. The molecule has 0 spiro atoms. The van der Waals surface area contributed by atoms with Gasteiger partial charge in [0.25, 0.3) is 0 Å². The lowest BCUT2D eigenvalue weighted by atomic mass is 9.80. The molecule has 0 amide bonds. The molecule has 0 bridgehead atoms. The van der Waals surface area contributed by atoms with Gasteiger partial charge >= 0.3 is 0 Å². The number of aromatic hydroxyl groups is 1. The van der Waals surface area contributed by atoms with Gasteiger partial charge in [0.1, 0.15) is 18.1 Å². The third-order valence-corrected chi connectivity index (χ3v) is 4.15. The van der Waals surface area contributed by atoms with E-state index in [4.69, 9.17) is 9.47 Å². The molecule has 1 saturated carbocycles. The third-order valence-electron chi connectivity index (χ3n) is 4.15. The largest absolute Gasteiger partial charge is 0.508 e. The van der Waals surface area contributed by atoms with Gasteiger partial charge in [-0.05, 0) is 31.4 Å². The first-order valence-corrected chi connectivity index (χ1v) is 6.47. The molecule has 1 aliphatic heterocycles. The number of nitrogens with one attached hydrogen (secondary N) is 1. The summed E-state index contributed by atoms with van der Waals surface area (Å²) in [5.41, 5.74) is 1.15.